The number of carboxylic acids is 1. The minimum absolute atomic E-state index is 0.185. The van der Waals surface area contributed by atoms with Gasteiger partial charge < -0.3 is 10.4 Å². The van der Waals surface area contributed by atoms with Crippen molar-refractivity contribution >= 4 is 5.97 Å². The molecule has 0 aromatic heterocycles. The fourth-order valence-electron chi connectivity index (χ4n) is 1.73. The molecule has 0 spiro atoms. The quantitative estimate of drug-likeness (QED) is 0.668. The second-order valence-electron chi connectivity index (χ2n) is 3.69. The van der Waals surface area contributed by atoms with E-state index in [9.17, 15) is 4.79 Å². The topological polar surface area (TPSA) is 49.3 Å². The predicted octanol–water partition coefficient (Wildman–Crippen LogP) is 1.10. The van der Waals surface area contributed by atoms with E-state index < -0.39 is 5.97 Å². The first kappa shape index (κ1) is 9.52. The second kappa shape index (κ2) is 4.45. The largest absolute Gasteiger partial charge is 0.481 e. The summed E-state index contributed by atoms with van der Waals surface area (Å²) in [6, 6.07) is 0. The lowest BCUT2D eigenvalue weighted by atomic mass is 9.90. The summed E-state index contributed by atoms with van der Waals surface area (Å²) in [5.74, 6) is -0.277. The zero-order valence-corrected chi connectivity index (χ0v) is 7.55. The number of carbonyl (C=O) groups is 1. The Balaban J connectivity index is 2.24. The van der Waals surface area contributed by atoms with Crippen molar-refractivity contribution in [2.45, 2.75) is 26.2 Å². The SMILES string of the molecule is C[C@H](C[C@@H]1CCCNC1)C(=O)O. The number of rotatable bonds is 3. The number of nitrogens with one attached hydrogen (secondary N) is 1. The highest BCUT2D eigenvalue weighted by Crippen LogP contribution is 2.19. The molecule has 3 heteroatoms. The molecule has 0 aliphatic carbocycles. The lowest BCUT2D eigenvalue weighted by molar-refractivity contribution is -0.141. The van der Waals surface area contributed by atoms with Crippen molar-refractivity contribution in [3.63, 3.8) is 0 Å². The molecule has 12 heavy (non-hydrogen) atoms. The maximum absolute atomic E-state index is 10.6. The predicted molar refractivity (Wildman–Crippen MR) is 47.0 cm³/mol. The summed E-state index contributed by atoms with van der Waals surface area (Å²) in [7, 11) is 0. The fraction of sp³-hybridized carbons (Fsp3) is 0.889. The number of piperidine rings is 1. The van der Waals surface area contributed by atoms with Crippen LogP contribution in [0.1, 0.15) is 26.2 Å². The molecule has 3 nitrogen and oxygen atoms in total. The first-order chi connectivity index (χ1) is 5.70. The van der Waals surface area contributed by atoms with Crippen molar-refractivity contribution in [2.24, 2.45) is 11.8 Å². The minimum Gasteiger partial charge on any atom is -0.481 e. The summed E-state index contributed by atoms with van der Waals surface area (Å²) in [6.07, 6.45) is 3.20. The third kappa shape index (κ3) is 2.81. The molecule has 1 heterocycles. The summed E-state index contributed by atoms with van der Waals surface area (Å²) in [5.41, 5.74) is 0. The van der Waals surface area contributed by atoms with Gasteiger partial charge in [-0.15, -0.1) is 0 Å². The van der Waals surface area contributed by atoms with Crippen LogP contribution in [-0.2, 0) is 4.79 Å². The first-order valence-electron chi connectivity index (χ1n) is 4.63. The fourth-order valence-corrected chi connectivity index (χ4v) is 1.73. The third-order valence-electron chi connectivity index (χ3n) is 2.51. The van der Waals surface area contributed by atoms with Crippen LogP contribution >= 0.6 is 0 Å². The molecule has 1 aliphatic rings. The Morgan fingerprint density at radius 2 is 2.50 bits per heavy atom. The molecule has 0 amide bonds. The van der Waals surface area contributed by atoms with Gasteiger partial charge in [-0.05, 0) is 38.3 Å². The zero-order valence-electron chi connectivity index (χ0n) is 7.55. The van der Waals surface area contributed by atoms with E-state index >= 15 is 0 Å². The van der Waals surface area contributed by atoms with Crippen LogP contribution < -0.4 is 5.32 Å². The van der Waals surface area contributed by atoms with Crippen molar-refractivity contribution in [1.82, 2.24) is 5.32 Å². The van der Waals surface area contributed by atoms with Crippen molar-refractivity contribution < 1.29 is 9.90 Å². The Kier molecular flexibility index (Phi) is 3.53. The van der Waals surface area contributed by atoms with E-state index in [4.69, 9.17) is 5.11 Å². The molecule has 2 N–H and O–H groups in total. The van der Waals surface area contributed by atoms with Crippen LogP contribution in [0.2, 0.25) is 0 Å². The molecule has 0 unspecified atom stereocenters. The second-order valence-corrected chi connectivity index (χ2v) is 3.69. The number of hydrogen-bond acceptors (Lipinski definition) is 2. The molecule has 0 aromatic rings. The molecule has 1 fully saturated rings. The average molecular weight is 171 g/mol. The van der Waals surface area contributed by atoms with Gasteiger partial charge in [-0.3, -0.25) is 4.79 Å². The van der Waals surface area contributed by atoms with Gasteiger partial charge in [-0.1, -0.05) is 6.92 Å². The lowest BCUT2D eigenvalue weighted by Crippen LogP contribution is -2.31. The van der Waals surface area contributed by atoms with Crippen molar-refractivity contribution in [3.8, 4) is 0 Å². The third-order valence-corrected chi connectivity index (χ3v) is 2.51. The van der Waals surface area contributed by atoms with Gasteiger partial charge in [0, 0.05) is 0 Å². The normalized spacial score (nSPS) is 26.6. The summed E-state index contributed by atoms with van der Waals surface area (Å²) in [5, 5.41) is 12.0. The molecule has 1 saturated heterocycles. The number of aliphatic carboxylic acids is 1. The number of carboxylic acid groups (broad SMARTS) is 1. The Bertz CT molecular complexity index is 153. The minimum atomic E-state index is -0.666. The standard InChI is InChI=1S/C9H17NO2/c1-7(9(11)12)5-8-3-2-4-10-6-8/h7-8,10H,2-6H2,1H3,(H,11,12)/t7-,8+/m1/s1. The van der Waals surface area contributed by atoms with E-state index in [0.29, 0.717) is 5.92 Å². The van der Waals surface area contributed by atoms with Crippen LogP contribution in [0.4, 0.5) is 0 Å². The molecular formula is C9H17NO2. The molecular weight excluding hydrogens is 154 g/mol. The molecule has 0 radical (unpaired) electrons. The molecule has 2 atom stereocenters. The Hall–Kier alpha value is -0.570. The highest BCUT2D eigenvalue weighted by Gasteiger charge is 2.19. The smallest absolute Gasteiger partial charge is 0.306 e. The average Bonchev–Trinajstić information content (AvgIpc) is 2.06. The molecule has 1 rings (SSSR count). The van der Waals surface area contributed by atoms with Crippen LogP contribution in [0, 0.1) is 11.8 Å². The van der Waals surface area contributed by atoms with Crippen LogP contribution in [0.3, 0.4) is 0 Å². The van der Waals surface area contributed by atoms with Gasteiger partial charge in [0.05, 0.1) is 5.92 Å². The van der Waals surface area contributed by atoms with Crippen LogP contribution in [0.25, 0.3) is 0 Å². The summed E-state index contributed by atoms with van der Waals surface area (Å²) < 4.78 is 0. The van der Waals surface area contributed by atoms with Gasteiger partial charge in [0.2, 0.25) is 0 Å². The first-order valence-corrected chi connectivity index (χ1v) is 4.63. The Morgan fingerprint density at radius 1 is 1.75 bits per heavy atom. The molecule has 0 saturated carbocycles. The van der Waals surface area contributed by atoms with Gasteiger partial charge in [0.25, 0.3) is 0 Å². The van der Waals surface area contributed by atoms with E-state index in [2.05, 4.69) is 5.32 Å². The van der Waals surface area contributed by atoms with Crippen molar-refractivity contribution in [1.29, 1.82) is 0 Å². The highest BCUT2D eigenvalue weighted by atomic mass is 16.4. The lowest BCUT2D eigenvalue weighted by Gasteiger charge is -2.23. The summed E-state index contributed by atoms with van der Waals surface area (Å²) >= 11 is 0. The molecule has 1 aliphatic heterocycles. The van der Waals surface area contributed by atoms with Gasteiger partial charge in [-0.25, -0.2) is 0 Å². The van der Waals surface area contributed by atoms with E-state index in [1.165, 1.54) is 12.8 Å². The van der Waals surface area contributed by atoms with Crippen LogP contribution in [-0.4, -0.2) is 24.2 Å². The maximum atomic E-state index is 10.6. The monoisotopic (exact) mass is 171 g/mol. The summed E-state index contributed by atoms with van der Waals surface area (Å²) in [6.45, 7) is 3.88. The van der Waals surface area contributed by atoms with Crippen molar-refractivity contribution in [3.05, 3.63) is 0 Å². The van der Waals surface area contributed by atoms with Crippen molar-refractivity contribution in [2.75, 3.05) is 13.1 Å². The summed E-state index contributed by atoms with van der Waals surface area (Å²) in [4.78, 5) is 10.6. The van der Waals surface area contributed by atoms with Crippen LogP contribution in [0.5, 0.6) is 0 Å². The molecule has 0 bridgehead atoms. The Morgan fingerprint density at radius 3 is 3.00 bits per heavy atom. The van der Waals surface area contributed by atoms with Gasteiger partial charge in [-0.2, -0.15) is 0 Å². The van der Waals surface area contributed by atoms with E-state index in [0.717, 1.165) is 19.5 Å². The van der Waals surface area contributed by atoms with E-state index in [1.54, 1.807) is 6.92 Å². The molecule has 70 valence electrons. The highest BCUT2D eigenvalue weighted by molar-refractivity contribution is 5.69. The number of hydrogen-bond donors (Lipinski definition) is 2. The van der Waals surface area contributed by atoms with E-state index in [1.807, 2.05) is 0 Å². The van der Waals surface area contributed by atoms with Gasteiger partial charge in [0.15, 0.2) is 0 Å². The van der Waals surface area contributed by atoms with Gasteiger partial charge >= 0.3 is 5.97 Å². The van der Waals surface area contributed by atoms with E-state index in [-0.39, 0.29) is 5.92 Å². The Labute approximate surface area is 73.2 Å². The maximum Gasteiger partial charge on any atom is 0.306 e. The zero-order chi connectivity index (χ0) is 8.97. The molecule has 0 aromatic carbocycles. The van der Waals surface area contributed by atoms with Crippen LogP contribution in [0.15, 0.2) is 0 Å². The van der Waals surface area contributed by atoms with Gasteiger partial charge in [0.1, 0.15) is 0 Å².